The topological polar surface area (TPSA) is 72.9 Å². The van der Waals surface area contributed by atoms with Gasteiger partial charge in [-0.15, -0.1) is 0 Å². The molecule has 0 amide bonds. The summed E-state index contributed by atoms with van der Waals surface area (Å²) in [5, 5.41) is 0. The zero-order valence-electron chi connectivity index (χ0n) is 16.9. The molecule has 29 heavy (non-hydrogen) atoms. The molecule has 1 saturated heterocycles. The van der Waals surface area contributed by atoms with E-state index in [1.165, 1.54) is 10.4 Å². The highest BCUT2D eigenvalue weighted by atomic mass is 32.2. The van der Waals surface area contributed by atoms with E-state index in [9.17, 15) is 13.2 Å². The van der Waals surface area contributed by atoms with E-state index in [0.717, 1.165) is 31.2 Å². The predicted octanol–water partition coefficient (Wildman–Crippen LogP) is 3.58. The van der Waals surface area contributed by atoms with Gasteiger partial charge in [-0.25, -0.2) is 13.2 Å². The van der Waals surface area contributed by atoms with E-state index in [1.54, 1.807) is 38.3 Å². The Balaban J connectivity index is 1.77. The fraction of sp³-hybridized carbons (Fsp3) is 0.409. The summed E-state index contributed by atoms with van der Waals surface area (Å²) in [6.45, 7) is 3.40. The molecule has 3 rings (SSSR count). The summed E-state index contributed by atoms with van der Waals surface area (Å²) in [6.07, 6.45) is 3.54. The Morgan fingerprint density at radius 1 is 1.03 bits per heavy atom. The van der Waals surface area contributed by atoms with Crippen LogP contribution in [-0.4, -0.2) is 45.5 Å². The number of piperidine rings is 1. The molecule has 7 heteroatoms. The van der Waals surface area contributed by atoms with E-state index in [4.69, 9.17) is 9.47 Å². The van der Waals surface area contributed by atoms with Crippen LogP contribution in [0.3, 0.4) is 0 Å². The number of benzene rings is 2. The maximum atomic E-state index is 13.0. The Morgan fingerprint density at radius 3 is 2.38 bits per heavy atom. The molecule has 2 aromatic rings. The average Bonchev–Trinajstić information content (AvgIpc) is 2.74. The Labute approximate surface area is 172 Å². The van der Waals surface area contributed by atoms with Crippen LogP contribution < -0.4 is 4.74 Å². The number of hydrogen-bond donors (Lipinski definition) is 0. The van der Waals surface area contributed by atoms with Crippen LogP contribution in [0, 0.1) is 6.92 Å². The summed E-state index contributed by atoms with van der Waals surface area (Å²) in [7, 11) is -1.97. The van der Waals surface area contributed by atoms with Crippen molar-refractivity contribution in [1.82, 2.24) is 4.31 Å². The molecule has 0 spiro atoms. The molecule has 1 heterocycles. The van der Waals surface area contributed by atoms with Gasteiger partial charge < -0.3 is 9.47 Å². The molecule has 0 atom stereocenters. The molecule has 0 N–H and O–H groups in total. The van der Waals surface area contributed by atoms with Gasteiger partial charge in [-0.1, -0.05) is 24.6 Å². The predicted molar refractivity (Wildman–Crippen MR) is 111 cm³/mol. The van der Waals surface area contributed by atoms with E-state index in [2.05, 4.69) is 0 Å². The number of rotatable bonds is 7. The molecule has 0 saturated carbocycles. The van der Waals surface area contributed by atoms with Gasteiger partial charge in [0.25, 0.3) is 0 Å². The van der Waals surface area contributed by atoms with Crippen LogP contribution in [0.1, 0.15) is 40.7 Å². The van der Waals surface area contributed by atoms with Crippen molar-refractivity contribution in [2.24, 2.45) is 0 Å². The highest BCUT2D eigenvalue weighted by Gasteiger charge is 2.28. The number of methoxy groups -OCH3 is 1. The fourth-order valence-corrected chi connectivity index (χ4v) is 5.13. The maximum Gasteiger partial charge on any atom is 0.343 e. The largest absolute Gasteiger partial charge is 0.423 e. The van der Waals surface area contributed by atoms with Crippen molar-refractivity contribution in [2.75, 3.05) is 26.8 Å². The van der Waals surface area contributed by atoms with Crippen LogP contribution in [0.5, 0.6) is 5.75 Å². The van der Waals surface area contributed by atoms with Crippen LogP contribution in [0.4, 0.5) is 0 Å². The van der Waals surface area contributed by atoms with Crippen LogP contribution in [0.2, 0.25) is 0 Å². The number of sulfonamides is 1. The van der Waals surface area contributed by atoms with Gasteiger partial charge in [-0.3, -0.25) is 0 Å². The lowest BCUT2D eigenvalue weighted by atomic mass is 10.1. The molecule has 0 aliphatic carbocycles. The Bertz CT molecular complexity index is 948. The third kappa shape index (κ3) is 5.23. The van der Waals surface area contributed by atoms with Gasteiger partial charge in [-0.2, -0.15) is 4.31 Å². The smallest absolute Gasteiger partial charge is 0.343 e. The Hall–Kier alpha value is -2.22. The standard InChI is InChI=1S/C22H27NO5S/c1-17-6-9-19(16-21(17)29(25,26)23-13-4-3-5-14-23)22(24)28-20-10-7-18(8-11-20)12-15-27-2/h6-11,16H,3-5,12-15H2,1-2H3. The number of esters is 1. The molecule has 156 valence electrons. The first-order valence-electron chi connectivity index (χ1n) is 9.82. The van der Waals surface area contributed by atoms with Crippen LogP contribution in [-0.2, 0) is 21.2 Å². The van der Waals surface area contributed by atoms with Crippen molar-refractivity contribution in [3.8, 4) is 5.75 Å². The van der Waals surface area contributed by atoms with Crippen molar-refractivity contribution in [2.45, 2.75) is 37.5 Å². The highest BCUT2D eigenvalue weighted by Crippen LogP contribution is 2.25. The third-order valence-electron chi connectivity index (χ3n) is 5.09. The van der Waals surface area contributed by atoms with E-state index in [1.807, 2.05) is 12.1 Å². The lowest BCUT2D eigenvalue weighted by molar-refractivity contribution is 0.0734. The molecule has 0 radical (unpaired) electrons. The number of ether oxygens (including phenoxy) is 2. The molecule has 2 aromatic carbocycles. The van der Waals surface area contributed by atoms with Gasteiger partial charge in [0.1, 0.15) is 5.75 Å². The summed E-state index contributed by atoms with van der Waals surface area (Å²) < 4.78 is 38.1. The minimum atomic E-state index is -3.62. The molecular formula is C22H27NO5S. The number of carbonyl (C=O) groups excluding carboxylic acids is 1. The van der Waals surface area contributed by atoms with Gasteiger partial charge >= 0.3 is 5.97 Å². The summed E-state index contributed by atoms with van der Waals surface area (Å²) in [5.41, 5.74) is 1.92. The minimum absolute atomic E-state index is 0.170. The first kappa shape index (κ1) is 21.5. The zero-order chi connectivity index (χ0) is 20.9. The van der Waals surface area contributed by atoms with Crippen molar-refractivity contribution in [1.29, 1.82) is 0 Å². The van der Waals surface area contributed by atoms with Gasteiger partial charge in [-0.05, 0) is 61.6 Å². The number of aryl methyl sites for hydroxylation is 1. The van der Waals surface area contributed by atoms with E-state index >= 15 is 0 Å². The molecule has 0 aromatic heterocycles. The lowest BCUT2D eigenvalue weighted by Crippen LogP contribution is -2.36. The average molecular weight is 418 g/mol. The normalized spacial score (nSPS) is 15.2. The molecule has 1 fully saturated rings. The Morgan fingerprint density at radius 2 is 1.72 bits per heavy atom. The minimum Gasteiger partial charge on any atom is -0.423 e. The van der Waals surface area contributed by atoms with Gasteiger partial charge in [0.2, 0.25) is 10.0 Å². The summed E-state index contributed by atoms with van der Waals surface area (Å²) in [5.74, 6) is -0.165. The third-order valence-corrected chi connectivity index (χ3v) is 7.13. The van der Waals surface area contributed by atoms with Crippen molar-refractivity contribution in [3.05, 3.63) is 59.2 Å². The van der Waals surface area contributed by atoms with Crippen LogP contribution in [0.15, 0.2) is 47.4 Å². The fourth-order valence-electron chi connectivity index (χ4n) is 3.36. The number of carbonyl (C=O) groups is 1. The number of nitrogens with zero attached hydrogens (tertiary/aromatic N) is 1. The number of hydrogen-bond acceptors (Lipinski definition) is 5. The Kier molecular flexibility index (Phi) is 7.05. The molecule has 0 unspecified atom stereocenters. The van der Waals surface area contributed by atoms with Gasteiger partial charge in [0, 0.05) is 20.2 Å². The molecule has 1 aliphatic rings. The molecular weight excluding hydrogens is 390 g/mol. The SMILES string of the molecule is COCCc1ccc(OC(=O)c2ccc(C)c(S(=O)(=O)N3CCCCC3)c2)cc1. The van der Waals surface area contributed by atoms with E-state index in [0.29, 0.717) is 31.0 Å². The van der Waals surface area contributed by atoms with Crippen LogP contribution >= 0.6 is 0 Å². The summed E-state index contributed by atoms with van der Waals surface area (Å²) in [4.78, 5) is 12.8. The second-order valence-corrected chi connectivity index (χ2v) is 9.13. The maximum absolute atomic E-state index is 13.0. The van der Waals surface area contributed by atoms with Crippen LogP contribution in [0.25, 0.3) is 0 Å². The van der Waals surface area contributed by atoms with E-state index < -0.39 is 16.0 Å². The second kappa shape index (κ2) is 9.52. The molecule has 1 aliphatic heterocycles. The van der Waals surface area contributed by atoms with Crippen molar-refractivity contribution >= 4 is 16.0 Å². The van der Waals surface area contributed by atoms with Crippen molar-refractivity contribution < 1.29 is 22.7 Å². The van der Waals surface area contributed by atoms with Gasteiger partial charge in [0.05, 0.1) is 17.1 Å². The molecule has 0 bridgehead atoms. The lowest BCUT2D eigenvalue weighted by Gasteiger charge is -2.26. The second-order valence-electron chi connectivity index (χ2n) is 7.22. The van der Waals surface area contributed by atoms with Gasteiger partial charge in [0.15, 0.2) is 0 Å². The van der Waals surface area contributed by atoms with Crippen molar-refractivity contribution in [3.63, 3.8) is 0 Å². The summed E-state index contributed by atoms with van der Waals surface area (Å²) >= 11 is 0. The first-order valence-corrected chi connectivity index (χ1v) is 11.3. The monoisotopic (exact) mass is 417 g/mol. The first-order chi connectivity index (χ1) is 13.9. The highest BCUT2D eigenvalue weighted by molar-refractivity contribution is 7.89. The quantitative estimate of drug-likeness (QED) is 0.509. The molecule has 6 nitrogen and oxygen atoms in total. The summed E-state index contributed by atoms with van der Waals surface area (Å²) in [6, 6.07) is 11.9. The van der Waals surface area contributed by atoms with E-state index in [-0.39, 0.29) is 10.5 Å². The zero-order valence-corrected chi connectivity index (χ0v) is 17.7.